The van der Waals surface area contributed by atoms with Crippen molar-refractivity contribution in [3.05, 3.63) is 60.2 Å². The van der Waals surface area contributed by atoms with Gasteiger partial charge in [0.1, 0.15) is 11.8 Å². The van der Waals surface area contributed by atoms with Crippen LogP contribution < -0.4 is 14.4 Å². The van der Waals surface area contributed by atoms with Crippen LogP contribution in [0.1, 0.15) is 58.9 Å². The first-order valence-electron chi connectivity index (χ1n) is 13.4. The number of hydrogen-bond acceptors (Lipinski definition) is 5. The summed E-state index contributed by atoms with van der Waals surface area (Å²) in [5.74, 6) is 0.345. The lowest BCUT2D eigenvalue weighted by Gasteiger charge is -2.32. The molecule has 2 amide bonds. The summed E-state index contributed by atoms with van der Waals surface area (Å²) in [6.07, 6.45) is 3.53. The second kappa shape index (κ2) is 15.4. The highest BCUT2D eigenvalue weighted by atomic mass is 32.2. The Bertz CT molecular complexity index is 1110. The van der Waals surface area contributed by atoms with Crippen LogP contribution in [0.5, 0.6) is 5.75 Å². The van der Waals surface area contributed by atoms with Crippen LogP contribution in [0.2, 0.25) is 0 Å². The van der Waals surface area contributed by atoms with Gasteiger partial charge in [-0.05, 0) is 69.4 Å². The molecular weight excluding hydrogens is 502 g/mol. The molecule has 9 heteroatoms. The monoisotopic (exact) mass is 545 g/mol. The molecule has 2 rings (SSSR count). The van der Waals surface area contributed by atoms with Crippen molar-refractivity contribution in [3.63, 3.8) is 0 Å². The molecule has 0 aliphatic rings. The van der Waals surface area contributed by atoms with Gasteiger partial charge in [-0.2, -0.15) is 0 Å². The molecule has 0 aromatic heterocycles. The molecule has 0 heterocycles. The van der Waals surface area contributed by atoms with Gasteiger partial charge in [-0.25, -0.2) is 8.42 Å². The Morgan fingerprint density at radius 2 is 1.61 bits per heavy atom. The maximum Gasteiger partial charge on any atom is 0.243 e. The molecule has 0 aliphatic heterocycles. The maximum atomic E-state index is 13.5. The quantitative estimate of drug-likeness (QED) is 0.337. The highest BCUT2D eigenvalue weighted by Gasteiger charge is 2.29. The summed E-state index contributed by atoms with van der Waals surface area (Å²) in [4.78, 5) is 28.2. The van der Waals surface area contributed by atoms with E-state index in [1.54, 1.807) is 29.2 Å². The standard InChI is InChI=1S/C29H43N3O5S/c1-6-23(4)30-29(34)27(7-2)31(22-20-24-13-10-9-11-14-24)28(33)15-12-21-32(38(5,35)36)25-16-18-26(19-17-25)37-8-3/h9-11,13-14,16-19,23,27H,6-8,12,15,20-22H2,1-5H3,(H,30,34)/t23-,27+/m1/s1. The van der Waals surface area contributed by atoms with Gasteiger partial charge in [0.05, 0.1) is 18.6 Å². The third kappa shape index (κ3) is 9.67. The van der Waals surface area contributed by atoms with Crippen molar-refractivity contribution in [3.8, 4) is 5.75 Å². The van der Waals surface area contributed by atoms with Crippen LogP contribution in [0.3, 0.4) is 0 Å². The van der Waals surface area contributed by atoms with Crippen LogP contribution in [0.4, 0.5) is 5.69 Å². The third-order valence-electron chi connectivity index (χ3n) is 6.46. The van der Waals surface area contributed by atoms with Gasteiger partial charge >= 0.3 is 0 Å². The Balaban J connectivity index is 2.15. The summed E-state index contributed by atoms with van der Waals surface area (Å²) >= 11 is 0. The molecule has 2 aromatic carbocycles. The lowest BCUT2D eigenvalue weighted by molar-refractivity contribution is -0.141. The predicted molar refractivity (Wildman–Crippen MR) is 153 cm³/mol. The lowest BCUT2D eigenvalue weighted by atomic mass is 10.1. The molecule has 38 heavy (non-hydrogen) atoms. The first-order valence-corrected chi connectivity index (χ1v) is 15.3. The van der Waals surface area contributed by atoms with E-state index in [9.17, 15) is 18.0 Å². The Morgan fingerprint density at radius 3 is 2.16 bits per heavy atom. The molecule has 2 aromatic rings. The number of rotatable bonds is 16. The molecular formula is C29H43N3O5S. The van der Waals surface area contributed by atoms with E-state index in [2.05, 4.69) is 5.32 Å². The largest absolute Gasteiger partial charge is 0.494 e. The average molecular weight is 546 g/mol. The molecule has 0 saturated heterocycles. The summed E-state index contributed by atoms with van der Waals surface area (Å²) in [6.45, 7) is 8.82. The van der Waals surface area contributed by atoms with Gasteiger partial charge in [-0.3, -0.25) is 13.9 Å². The molecule has 0 aliphatic carbocycles. The van der Waals surface area contributed by atoms with Gasteiger partial charge in [0.25, 0.3) is 0 Å². The van der Waals surface area contributed by atoms with Crippen LogP contribution in [0.25, 0.3) is 0 Å². The minimum atomic E-state index is -3.55. The minimum absolute atomic E-state index is 0.0139. The zero-order valence-corrected chi connectivity index (χ0v) is 24.2. The number of carbonyl (C=O) groups excluding carboxylic acids is 2. The number of hydrogen-bond donors (Lipinski definition) is 1. The van der Waals surface area contributed by atoms with Crippen LogP contribution in [0, 0.1) is 0 Å². The molecule has 1 N–H and O–H groups in total. The Morgan fingerprint density at radius 1 is 0.947 bits per heavy atom. The van der Waals surface area contributed by atoms with Gasteiger partial charge in [-0.15, -0.1) is 0 Å². The molecule has 8 nitrogen and oxygen atoms in total. The van der Waals surface area contributed by atoms with Crippen molar-refractivity contribution in [2.75, 3.05) is 30.3 Å². The number of benzene rings is 2. The Kier molecular flexibility index (Phi) is 12.6. The fourth-order valence-corrected chi connectivity index (χ4v) is 5.18. The second-order valence-electron chi connectivity index (χ2n) is 9.43. The van der Waals surface area contributed by atoms with Crippen LogP contribution in [-0.4, -0.2) is 63.2 Å². The number of nitrogens with zero attached hydrogens (tertiary/aromatic N) is 2. The highest BCUT2D eigenvalue weighted by Crippen LogP contribution is 2.22. The van der Waals surface area contributed by atoms with E-state index in [1.165, 1.54) is 4.31 Å². The number of nitrogens with one attached hydrogen (secondary N) is 1. The zero-order chi connectivity index (χ0) is 28.1. The Hall–Kier alpha value is -3.07. The number of sulfonamides is 1. The summed E-state index contributed by atoms with van der Waals surface area (Å²) in [5.41, 5.74) is 1.60. The van der Waals surface area contributed by atoms with Crippen molar-refractivity contribution in [1.29, 1.82) is 0 Å². The molecule has 0 bridgehead atoms. The van der Waals surface area contributed by atoms with E-state index in [0.717, 1.165) is 18.2 Å². The molecule has 0 spiro atoms. The Labute approximate surface area is 228 Å². The van der Waals surface area contributed by atoms with Crippen molar-refractivity contribution < 1.29 is 22.7 Å². The van der Waals surface area contributed by atoms with Gasteiger partial charge in [0, 0.05) is 25.6 Å². The van der Waals surface area contributed by atoms with E-state index in [0.29, 0.717) is 43.9 Å². The van der Waals surface area contributed by atoms with Crippen molar-refractivity contribution in [1.82, 2.24) is 10.2 Å². The van der Waals surface area contributed by atoms with E-state index in [-0.39, 0.29) is 30.8 Å². The second-order valence-corrected chi connectivity index (χ2v) is 11.3. The molecule has 2 atom stereocenters. The smallest absolute Gasteiger partial charge is 0.243 e. The summed E-state index contributed by atoms with van der Waals surface area (Å²) < 4.78 is 31.8. The first-order chi connectivity index (χ1) is 18.1. The summed E-state index contributed by atoms with van der Waals surface area (Å²) in [7, 11) is -3.55. The van der Waals surface area contributed by atoms with E-state index < -0.39 is 16.1 Å². The van der Waals surface area contributed by atoms with Gasteiger partial charge in [0.2, 0.25) is 21.8 Å². The van der Waals surface area contributed by atoms with E-state index >= 15 is 0 Å². The topological polar surface area (TPSA) is 96.0 Å². The zero-order valence-electron chi connectivity index (χ0n) is 23.4. The van der Waals surface area contributed by atoms with Crippen LogP contribution in [-0.2, 0) is 26.0 Å². The molecule has 0 unspecified atom stereocenters. The summed E-state index contributed by atoms with van der Waals surface area (Å²) in [5, 5.41) is 3.01. The van der Waals surface area contributed by atoms with Gasteiger partial charge in [-0.1, -0.05) is 44.2 Å². The van der Waals surface area contributed by atoms with Crippen molar-refractivity contribution in [2.24, 2.45) is 0 Å². The molecule has 0 fully saturated rings. The molecule has 0 saturated carbocycles. The highest BCUT2D eigenvalue weighted by molar-refractivity contribution is 7.92. The number of anilines is 1. The molecule has 210 valence electrons. The van der Waals surface area contributed by atoms with Crippen LogP contribution in [0.15, 0.2) is 54.6 Å². The fourth-order valence-electron chi connectivity index (χ4n) is 4.22. The fraction of sp³-hybridized carbons (Fsp3) is 0.517. The normalized spacial score (nSPS) is 12.9. The predicted octanol–water partition coefficient (Wildman–Crippen LogP) is 4.40. The summed E-state index contributed by atoms with van der Waals surface area (Å²) in [6, 6.07) is 16.1. The lowest BCUT2D eigenvalue weighted by Crippen LogP contribution is -2.51. The third-order valence-corrected chi connectivity index (χ3v) is 7.65. The molecule has 0 radical (unpaired) electrons. The number of carbonyl (C=O) groups is 2. The number of ether oxygens (including phenoxy) is 1. The van der Waals surface area contributed by atoms with Gasteiger partial charge in [0.15, 0.2) is 0 Å². The van der Waals surface area contributed by atoms with E-state index in [1.807, 2.05) is 58.0 Å². The van der Waals surface area contributed by atoms with Gasteiger partial charge < -0.3 is 15.0 Å². The average Bonchev–Trinajstić information content (AvgIpc) is 2.89. The SMILES string of the molecule is CCOc1ccc(N(CCCC(=O)N(CCc2ccccc2)[C@@H](CC)C(=O)N[C@H](C)CC)S(C)(=O)=O)cc1. The minimum Gasteiger partial charge on any atom is -0.494 e. The maximum absolute atomic E-state index is 13.5. The number of amides is 2. The van der Waals surface area contributed by atoms with Crippen molar-refractivity contribution >= 4 is 27.5 Å². The van der Waals surface area contributed by atoms with Crippen molar-refractivity contribution in [2.45, 2.75) is 71.9 Å². The van der Waals surface area contributed by atoms with Crippen LogP contribution >= 0.6 is 0 Å². The van der Waals surface area contributed by atoms with E-state index in [4.69, 9.17) is 4.74 Å². The first kappa shape index (κ1) is 31.1.